The summed E-state index contributed by atoms with van der Waals surface area (Å²) in [5.74, 6) is 1.14. The summed E-state index contributed by atoms with van der Waals surface area (Å²) in [6, 6.07) is 9.19. The predicted octanol–water partition coefficient (Wildman–Crippen LogP) is 3.31. The first-order valence-corrected chi connectivity index (χ1v) is 6.97. The Morgan fingerprint density at radius 3 is 2.11 bits per heavy atom. The van der Waals surface area contributed by atoms with E-state index in [-0.39, 0.29) is 6.61 Å². The van der Waals surface area contributed by atoms with Crippen LogP contribution in [0.15, 0.2) is 24.3 Å². The van der Waals surface area contributed by atoms with E-state index < -0.39 is 0 Å². The van der Waals surface area contributed by atoms with Crippen LogP contribution in [0.1, 0.15) is 51.2 Å². The number of aliphatic hydroxyl groups excluding tert-OH is 1. The number of hydrogen-bond donors (Lipinski definition) is 2. The Balaban J connectivity index is 2.51. The molecule has 1 aromatic carbocycles. The zero-order chi connectivity index (χ0) is 13.5. The first-order chi connectivity index (χ1) is 8.54. The third-order valence-corrected chi connectivity index (χ3v) is 3.46. The molecule has 0 aromatic heterocycles. The SMILES string of the molecule is CC(C)c1ccc(CNC(CCO)C(C)C)cc1. The van der Waals surface area contributed by atoms with Crippen molar-refractivity contribution < 1.29 is 5.11 Å². The topological polar surface area (TPSA) is 32.3 Å². The first-order valence-electron chi connectivity index (χ1n) is 6.97. The zero-order valence-corrected chi connectivity index (χ0v) is 12.1. The van der Waals surface area contributed by atoms with Gasteiger partial charge in [-0.2, -0.15) is 0 Å². The number of hydrogen-bond acceptors (Lipinski definition) is 2. The predicted molar refractivity (Wildman–Crippen MR) is 77.7 cm³/mol. The molecule has 0 saturated heterocycles. The van der Waals surface area contributed by atoms with Crippen molar-refractivity contribution in [1.82, 2.24) is 5.32 Å². The molecule has 0 heterocycles. The number of benzene rings is 1. The molecule has 0 aliphatic rings. The monoisotopic (exact) mass is 249 g/mol. The molecule has 0 saturated carbocycles. The molecule has 102 valence electrons. The smallest absolute Gasteiger partial charge is 0.0445 e. The Bertz CT molecular complexity index is 329. The highest BCUT2D eigenvalue weighted by Crippen LogP contribution is 2.15. The van der Waals surface area contributed by atoms with Crippen molar-refractivity contribution in [3.8, 4) is 0 Å². The van der Waals surface area contributed by atoms with Crippen molar-refractivity contribution in [3.05, 3.63) is 35.4 Å². The van der Waals surface area contributed by atoms with Gasteiger partial charge in [-0.1, -0.05) is 52.0 Å². The van der Waals surface area contributed by atoms with E-state index in [1.165, 1.54) is 11.1 Å². The van der Waals surface area contributed by atoms with E-state index in [1.54, 1.807) is 0 Å². The lowest BCUT2D eigenvalue weighted by molar-refractivity contribution is 0.244. The number of rotatable bonds is 7. The van der Waals surface area contributed by atoms with Crippen molar-refractivity contribution in [3.63, 3.8) is 0 Å². The lowest BCUT2D eigenvalue weighted by Gasteiger charge is -2.21. The minimum atomic E-state index is 0.252. The van der Waals surface area contributed by atoms with Crippen molar-refractivity contribution >= 4 is 0 Å². The molecule has 0 aliphatic heterocycles. The second-order valence-electron chi connectivity index (χ2n) is 5.64. The molecule has 0 aliphatic carbocycles. The van der Waals surface area contributed by atoms with Gasteiger partial charge in [0.25, 0.3) is 0 Å². The molecule has 0 radical (unpaired) electrons. The van der Waals surface area contributed by atoms with Crippen LogP contribution in [0.2, 0.25) is 0 Å². The molecule has 2 nitrogen and oxygen atoms in total. The van der Waals surface area contributed by atoms with Gasteiger partial charge in [0.15, 0.2) is 0 Å². The van der Waals surface area contributed by atoms with E-state index in [2.05, 4.69) is 57.3 Å². The Hall–Kier alpha value is -0.860. The summed E-state index contributed by atoms with van der Waals surface area (Å²) in [5, 5.41) is 12.6. The van der Waals surface area contributed by atoms with Crippen molar-refractivity contribution in [2.45, 2.75) is 52.6 Å². The molecule has 0 bridgehead atoms. The van der Waals surface area contributed by atoms with E-state index in [0.29, 0.717) is 17.9 Å². The van der Waals surface area contributed by atoms with Crippen LogP contribution >= 0.6 is 0 Å². The van der Waals surface area contributed by atoms with Crippen LogP contribution in [-0.4, -0.2) is 17.8 Å². The van der Waals surface area contributed by atoms with Gasteiger partial charge in [0.2, 0.25) is 0 Å². The highest BCUT2D eigenvalue weighted by molar-refractivity contribution is 5.24. The fourth-order valence-corrected chi connectivity index (χ4v) is 2.08. The van der Waals surface area contributed by atoms with Crippen LogP contribution < -0.4 is 5.32 Å². The van der Waals surface area contributed by atoms with Crippen LogP contribution in [0.4, 0.5) is 0 Å². The van der Waals surface area contributed by atoms with Gasteiger partial charge < -0.3 is 10.4 Å². The van der Waals surface area contributed by atoms with Crippen molar-refractivity contribution in [2.75, 3.05) is 6.61 Å². The summed E-state index contributed by atoms with van der Waals surface area (Å²) in [6.45, 7) is 9.93. The van der Waals surface area contributed by atoms with Gasteiger partial charge >= 0.3 is 0 Å². The number of nitrogens with one attached hydrogen (secondary N) is 1. The van der Waals surface area contributed by atoms with Gasteiger partial charge in [-0.05, 0) is 29.4 Å². The van der Waals surface area contributed by atoms with Gasteiger partial charge in [-0.3, -0.25) is 0 Å². The summed E-state index contributed by atoms with van der Waals surface area (Å²) >= 11 is 0. The maximum absolute atomic E-state index is 9.04. The summed E-state index contributed by atoms with van der Waals surface area (Å²) in [7, 11) is 0. The fourth-order valence-electron chi connectivity index (χ4n) is 2.08. The van der Waals surface area contributed by atoms with E-state index in [4.69, 9.17) is 5.11 Å². The molecular formula is C16H27NO. The Morgan fingerprint density at radius 2 is 1.67 bits per heavy atom. The summed E-state index contributed by atoms with van der Waals surface area (Å²) < 4.78 is 0. The third kappa shape index (κ3) is 4.79. The normalized spacial score (nSPS) is 13.3. The highest BCUT2D eigenvalue weighted by atomic mass is 16.3. The largest absolute Gasteiger partial charge is 0.396 e. The maximum Gasteiger partial charge on any atom is 0.0445 e. The molecular weight excluding hydrogens is 222 g/mol. The van der Waals surface area contributed by atoms with Gasteiger partial charge in [0.1, 0.15) is 0 Å². The average Bonchev–Trinajstić information content (AvgIpc) is 2.34. The maximum atomic E-state index is 9.04. The fraction of sp³-hybridized carbons (Fsp3) is 0.625. The molecule has 1 aromatic rings. The molecule has 1 atom stereocenters. The molecule has 0 spiro atoms. The van der Waals surface area contributed by atoms with E-state index >= 15 is 0 Å². The Labute approximate surface area is 111 Å². The van der Waals surface area contributed by atoms with E-state index in [1.807, 2.05) is 0 Å². The molecule has 0 amide bonds. The van der Waals surface area contributed by atoms with Crippen LogP contribution in [0.5, 0.6) is 0 Å². The molecule has 0 fully saturated rings. The average molecular weight is 249 g/mol. The zero-order valence-electron chi connectivity index (χ0n) is 12.1. The summed E-state index contributed by atoms with van der Waals surface area (Å²) in [4.78, 5) is 0. The first kappa shape index (κ1) is 15.2. The van der Waals surface area contributed by atoms with Crippen LogP contribution in [0, 0.1) is 5.92 Å². The highest BCUT2D eigenvalue weighted by Gasteiger charge is 2.11. The third-order valence-electron chi connectivity index (χ3n) is 3.46. The second-order valence-corrected chi connectivity index (χ2v) is 5.64. The Kier molecular flexibility index (Phi) is 6.37. The van der Waals surface area contributed by atoms with Crippen molar-refractivity contribution in [2.24, 2.45) is 5.92 Å². The quantitative estimate of drug-likeness (QED) is 0.777. The molecule has 18 heavy (non-hydrogen) atoms. The lowest BCUT2D eigenvalue weighted by atomic mass is 10.00. The summed E-state index contributed by atoms with van der Waals surface area (Å²) in [5.41, 5.74) is 2.69. The second kappa shape index (κ2) is 7.55. The minimum Gasteiger partial charge on any atom is -0.396 e. The number of aliphatic hydroxyl groups is 1. The van der Waals surface area contributed by atoms with Gasteiger partial charge in [-0.25, -0.2) is 0 Å². The molecule has 1 rings (SSSR count). The minimum absolute atomic E-state index is 0.252. The van der Waals surface area contributed by atoms with Gasteiger partial charge in [0.05, 0.1) is 0 Å². The van der Waals surface area contributed by atoms with Crippen LogP contribution in [0.25, 0.3) is 0 Å². The van der Waals surface area contributed by atoms with Crippen molar-refractivity contribution in [1.29, 1.82) is 0 Å². The lowest BCUT2D eigenvalue weighted by Crippen LogP contribution is -2.34. The van der Waals surface area contributed by atoms with Crippen LogP contribution in [0.3, 0.4) is 0 Å². The Morgan fingerprint density at radius 1 is 1.06 bits per heavy atom. The van der Waals surface area contributed by atoms with Gasteiger partial charge in [0, 0.05) is 19.2 Å². The molecule has 2 heteroatoms. The van der Waals surface area contributed by atoms with Gasteiger partial charge in [-0.15, -0.1) is 0 Å². The summed E-state index contributed by atoms with van der Waals surface area (Å²) in [6.07, 6.45) is 0.821. The van der Waals surface area contributed by atoms with Crippen LogP contribution in [-0.2, 0) is 6.54 Å². The molecule has 2 N–H and O–H groups in total. The van der Waals surface area contributed by atoms with E-state index in [0.717, 1.165) is 13.0 Å². The van der Waals surface area contributed by atoms with E-state index in [9.17, 15) is 0 Å². The molecule has 1 unspecified atom stereocenters. The standard InChI is InChI=1S/C16H27NO/c1-12(2)15-7-5-14(6-8-15)11-17-16(9-10-18)13(3)4/h5-8,12-13,16-18H,9-11H2,1-4H3.